The summed E-state index contributed by atoms with van der Waals surface area (Å²) < 4.78 is 9.90. The van der Waals surface area contributed by atoms with Crippen molar-refractivity contribution in [3.05, 3.63) is 63.1 Å². The van der Waals surface area contributed by atoms with Crippen molar-refractivity contribution in [1.29, 1.82) is 0 Å². The molecule has 0 saturated carbocycles. The minimum absolute atomic E-state index is 0.0473. The lowest BCUT2D eigenvalue weighted by Crippen LogP contribution is -2.34. The molecule has 2 aromatic rings. The molecule has 0 unspecified atom stereocenters. The summed E-state index contributed by atoms with van der Waals surface area (Å²) in [4.78, 5) is 45.5. The third-order valence-corrected chi connectivity index (χ3v) is 3.83. The van der Waals surface area contributed by atoms with E-state index in [1.165, 1.54) is 18.4 Å². The van der Waals surface area contributed by atoms with Crippen LogP contribution in [0.25, 0.3) is 0 Å². The first-order chi connectivity index (χ1) is 13.3. The highest BCUT2D eigenvalue weighted by atomic mass is 35.5. The Labute approximate surface area is 163 Å². The smallest absolute Gasteiger partial charge is 0.325 e. The molecule has 2 rings (SSSR count). The maximum absolute atomic E-state index is 12.0. The normalized spacial score (nSPS) is 11.4. The van der Waals surface area contributed by atoms with Crippen LogP contribution in [0.4, 0.5) is 5.69 Å². The average molecular weight is 410 g/mol. The molecule has 148 valence electrons. The zero-order valence-corrected chi connectivity index (χ0v) is 15.4. The van der Waals surface area contributed by atoms with Gasteiger partial charge in [0, 0.05) is 11.6 Å². The zero-order chi connectivity index (χ0) is 20.7. The number of halogens is 1. The monoisotopic (exact) mass is 409 g/mol. The lowest BCUT2D eigenvalue weighted by Gasteiger charge is -2.11. The molecular weight excluding hydrogens is 394 g/mol. The van der Waals surface area contributed by atoms with Crippen molar-refractivity contribution < 1.29 is 28.5 Å². The summed E-state index contributed by atoms with van der Waals surface area (Å²) in [5.74, 6) is -1.58. The molecule has 0 aliphatic rings. The van der Waals surface area contributed by atoms with Gasteiger partial charge in [0.2, 0.25) is 0 Å². The Balaban J connectivity index is 1.77. The van der Waals surface area contributed by atoms with Gasteiger partial charge in [-0.05, 0) is 31.2 Å². The second-order valence-corrected chi connectivity index (χ2v) is 5.98. The number of nitro benzene ring substituents is 1. The van der Waals surface area contributed by atoms with Crippen LogP contribution in [0.3, 0.4) is 0 Å². The third kappa shape index (κ3) is 5.81. The van der Waals surface area contributed by atoms with Crippen molar-refractivity contribution in [2.75, 3.05) is 13.2 Å². The SMILES string of the molecule is C[C@@H](NC(=O)COC(=O)CNC(=O)c1ccc(Cl)c([N+](=O)[O-])c1)c1ccco1. The number of carbonyl (C=O) groups is 3. The van der Waals surface area contributed by atoms with Crippen LogP contribution in [-0.4, -0.2) is 35.9 Å². The fourth-order valence-corrected chi connectivity index (χ4v) is 2.32. The number of esters is 1. The molecule has 28 heavy (non-hydrogen) atoms. The number of nitrogens with one attached hydrogen (secondary N) is 2. The van der Waals surface area contributed by atoms with Gasteiger partial charge in [-0.1, -0.05) is 11.6 Å². The quantitative estimate of drug-likeness (QED) is 0.385. The summed E-state index contributed by atoms with van der Waals surface area (Å²) in [5, 5.41) is 15.5. The van der Waals surface area contributed by atoms with Gasteiger partial charge in [0.05, 0.1) is 17.2 Å². The van der Waals surface area contributed by atoms with E-state index in [9.17, 15) is 24.5 Å². The van der Waals surface area contributed by atoms with Crippen LogP contribution in [0, 0.1) is 10.1 Å². The second kappa shape index (κ2) is 9.51. The Kier molecular flexibility index (Phi) is 7.10. The summed E-state index contributed by atoms with van der Waals surface area (Å²) in [6, 6.07) is 6.44. The first-order valence-corrected chi connectivity index (χ1v) is 8.36. The molecule has 2 N–H and O–H groups in total. The Bertz CT molecular complexity index is 883. The summed E-state index contributed by atoms with van der Waals surface area (Å²) in [5.41, 5.74) is -0.479. The molecule has 0 spiro atoms. The average Bonchev–Trinajstić information content (AvgIpc) is 3.19. The number of rotatable bonds is 8. The molecule has 0 saturated heterocycles. The summed E-state index contributed by atoms with van der Waals surface area (Å²) in [7, 11) is 0. The van der Waals surface area contributed by atoms with Crippen LogP contribution in [0.2, 0.25) is 5.02 Å². The second-order valence-electron chi connectivity index (χ2n) is 5.57. The highest BCUT2D eigenvalue weighted by Gasteiger charge is 2.18. The number of benzene rings is 1. The van der Waals surface area contributed by atoms with Gasteiger partial charge in [0.15, 0.2) is 6.61 Å². The number of amides is 2. The molecule has 2 amide bonds. The minimum Gasteiger partial charge on any atom is -0.467 e. The van der Waals surface area contributed by atoms with Crippen LogP contribution in [0.5, 0.6) is 0 Å². The first kappa shape index (κ1) is 20.9. The van der Waals surface area contributed by atoms with Crippen molar-refractivity contribution in [3.63, 3.8) is 0 Å². The van der Waals surface area contributed by atoms with Crippen LogP contribution in [-0.2, 0) is 14.3 Å². The van der Waals surface area contributed by atoms with Gasteiger partial charge in [-0.2, -0.15) is 0 Å². The largest absolute Gasteiger partial charge is 0.467 e. The highest BCUT2D eigenvalue weighted by Crippen LogP contribution is 2.24. The topological polar surface area (TPSA) is 141 Å². The molecule has 1 aromatic carbocycles. The van der Waals surface area contributed by atoms with Gasteiger partial charge in [-0.3, -0.25) is 24.5 Å². The number of hydrogen-bond donors (Lipinski definition) is 2. The van der Waals surface area contributed by atoms with Gasteiger partial charge in [0.25, 0.3) is 17.5 Å². The number of ether oxygens (including phenoxy) is 1. The van der Waals surface area contributed by atoms with E-state index >= 15 is 0 Å². The molecule has 10 nitrogen and oxygen atoms in total. The van der Waals surface area contributed by atoms with Gasteiger partial charge < -0.3 is 19.8 Å². The van der Waals surface area contributed by atoms with Crippen molar-refractivity contribution in [1.82, 2.24) is 10.6 Å². The maximum atomic E-state index is 12.0. The molecule has 11 heteroatoms. The van der Waals surface area contributed by atoms with Crippen LogP contribution < -0.4 is 10.6 Å². The Morgan fingerprint density at radius 3 is 2.71 bits per heavy atom. The summed E-state index contributed by atoms with van der Waals surface area (Å²) in [6.45, 7) is 0.645. The molecule has 1 heterocycles. The standard InChI is InChI=1S/C17H16ClN3O7/c1-10(14-3-2-6-27-14)20-15(22)9-28-16(23)8-19-17(24)11-4-5-12(18)13(7-11)21(25)26/h2-7,10H,8-9H2,1H3,(H,19,24)(H,20,22)/t10-/m1/s1. The fraction of sp³-hybridized carbons (Fsp3) is 0.235. The Morgan fingerprint density at radius 2 is 2.07 bits per heavy atom. The molecule has 0 aliphatic heterocycles. The van der Waals surface area contributed by atoms with E-state index in [1.807, 2.05) is 0 Å². The zero-order valence-electron chi connectivity index (χ0n) is 14.6. The van der Waals surface area contributed by atoms with Gasteiger partial charge in [-0.25, -0.2) is 0 Å². The van der Waals surface area contributed by atoms with E-state index in [-0.39, 0.29) is 10.6 Å². The fourth-order valence-electron chi connectivity index (χ4n) is 2.14. The van der Waals surface area contributed by atoms with E-state index in [1.54, 1.807) is 19.1 Å². The first-order valence-electron chi connectivity index (χ1n) is 7.98. The van der Waals surface area contributed by atoms with Crippen molar-refractivity contribution >= 4 is 35.1 Å². The van der Waals surface area contributed by atoms with E-state index in [0.29, 0.717) is 5.76 Å². The molecule has 1 atom stereocenters. The number of nitrogens with zero attached hydrogens (tertiary/aromatic N) is 1. The van der Waals surface area contributed by atoms with Gasteiger partial charge in [0.1, 0.15) is 17.3 Å². The highest BCUT2D eigenvalue weighted by molar-refractivity contribution is 6.32. The van der Waals surface area contributed by atoms with E-state index in [4.69, 9.17) is 20.8 Å². The summed E-state index contributed by atoms with van der Waals surface area (Å²) >= 11 is 5.67. The van der Waals surface area contributed by atoms with E-state index in [2.05, 4.69) is 10.6 Å². The number of furan rings is 1. The molecule has 0 fully saturated rings. The maximum Gasteiger partial charge on any atom is 0.325 e. The minimum atomic E-state index is -0.849. The number of hydrogen-bond acceptors (Lipinski definition) is 7. The van der Waals surface area contributed by atoms with Crippen LogP contribution in [0.1, 0.15) is 29.1 Å². The molecule has 0 bridgehead atoms. The summed E-state index contributed by atoms with van der Waals surface area (Å²) in [6.07, 6.45) is 1.47. The van der Waals surface area contributed by atoms with Gasteiger partial charge >= 0.3 is 5.97 Å². The number of carbonyl (C=O) groups excluding carboxylic acids is 3. The predicted molar refractivity (Wildman–Crippen MR) is 96.7 cm³/mol. The van der Waals surface area contributed by atoms with Crippen LogP contribution in [0.15, 0.2) is 41.0 Å². The lowest BCUT2D eigenvalue weighted by atomic mass is 10.2. The Hall–Kier alpha value is -3.40. The van der Waals surface area contributed by atoms with E-state index in [0.717, 1.165) is 6.07 Å². The molecule has 0 radical (unpaired) electrons. The predicted octanol–water partition coefficient (Wildman–Crippen LogP) is 1.99. The molecule has 1 aromatic heterocycles. The Morgan fingerprint density at radius 1 is 1.32 bits per heavy atom. The van der Waals surface area contributed by atoms with Crippen molar-refractivity contribution in [3.8, 4) is 0 Å². The van der Waals surface area contributed by atoms with E-state index < -0.39 is 47.6 Å². The van der Waals surface area contributed by atoms with Crippen LogP contribution >= 0.6 is 11.6 Å². The van der Waals surface area contributed by atoms with Gasteiger partial charge in [-0.15, -0.1) is 0 Å². The third-order valence-electron chi connectivity index (χ3n) is 3.51. The lowest BCUT2D eigenvalue weighted by molar-refractivity contribution is -0.384. The number of nitro groups is 1. The van der Waals surface area contributed by atoms with Crippen molar-refractivity contribution in [2.45, 2.75) is 13.0 Å². The molecular formula is C17H16ClN3O7. The molecule has 0 aliphatic carbocycles. The van der Waals surface area contributed by atoms with Crippen molar-refractivity contribution in [2.24, 2.45) is 0 Å².